The SMILES string of the molecule is O=C1OC(COc2ccon2)[C@@H]2Cc3cc(C4C5CS(=O)(=O)CC54)c(F)cc3N12. The number of hydrogen-bond donors (Lipinski definition) is 0. The molecule has 1 aliphatic carbocycles. The van der Waals surface area contributed by atoms with Gasteiger partial charge in [0.05, 0.1) is 23.2 Å². The number of hydrogen-bond acceptors (Lipinski definition) is 7. The molecule has 3 fully saturated rings. The molecule has 0 radical (unpaired) electrons. The van der Waals surface area contributed by atoms with E-state index in [0.717, 1.165) is 5.56 Å². The van der Waals surface area contributed by atoms with E-state index in [1.165, 1.54) is 17.2 Å². The van der Waals surface area contributed by atoms with E-state index in [4.69, 9.17) is 14.0 Å². The van der Waals surface area contributed by atoms with Crippen molar-refractivity contribution in [3.05, 3.63) is 41.4 Å². The molecule has 4 atom stereocenters. The number of fused-ring (bicyclic) bond motifs is 4. The number of cyclic esters (lactones) is 1. The van der Waals surface area contributed by atoms with Crippen molar-refractivity contribution < 1.29 is 31.6 Å². The normalized spacial score (nSPS) is 33.2. The van der Waals surface area contributed by atoms with Crippen LogP contribution in [0.1, 0.15) is 17.0 Å². The van der Waals surface area contributed by atoms with Crippen LogP contribution in [0.5, 0.6) is 5.88 Å². The summed E-state index contributed by atoms with van der Waals surface area (Å²) in [6.07, 6.45) is 0.880. The zero-order valence-electron chi connectivity index (χ0n) is 15.2. The topological polar surface area (TPSA) is 98.9 Å². The van der Waals surface area contributed by atoms with Gasteiger partial charge in [-0.2, -0.15) is 0 Å². The first kappa shape index (κ1) is 17.3. The van der Waals surface area contributed by atoms with E-state index in [-0.39, 0.29) is 41.9 Å². The van der Waals surface area contributed by atoms with Gasteiger partial charge in [0, 0.05) is 6.07 Å². The van der Waals surface area contributed by atoms with Crippen LogP contribution in [0.2, 0.25) is 0 Å². The predicted octanol–water partition coefficient (Wildman–Crippen LogP) is 1.90. The highest BCUT2D eigenvalue weighted by molar-refractivity contribution is 7.91. The first-order valence-electron chi connectivity index (χ1n) is 9.47. The molecular formula is C19H17FN2O6S. The number of halogens is 1. The van der Waals surface area contributed by atoms with E-state index < -0.39 is 27.9 Å². The Morgan fingerprint density at radius 2 is 2.07 bits per heavy atom. The zero-order valence-corrected chi connectivity index (χ0v) is 16.0. The van der Waals surface area contributed by atoms with Gasteiger partial charge < -0.3 is 14.0 Å². The van der Waals surface area contributed by atoms with E-state index in [0.29, 0.717) is 23.6 Å². The van der Waals surface area contributed by atoms with Gasteiger partial charge in [-0.05, 0) is 46.5 Å². The van der Waals surface area contributed by atoms with Crippen LogP contribution >= 0.6 is 0 Å². The fourth-order valence-electron chi connectivity index (χ4n) is 5.17. The van der Waals surface area contributed by atoms with Crippen molar-refractivity contribution in [2.75, 3.05) is 23.0 Å². The quantitative estimate of drug-likeness (QED) is 0.745. The number of aromatic nitrogens is 1. The van der Waals surface area contributed by atoms with Gasteiger partial charge in [-0.3, -0.25) is 4.90 Å². The van der Waals surface area contributed by atoms with Gasteiger partial charge in [0.2, 0.25) is 0 Å². The molecule has 2 aromatic rings. The summed E-state index contributed by atoms with van der Waals surface area (Å²) in [6, 6.07) is 4.47. The van der Waals surface area contributed by atoms with Crippen LogP contribution in [0, 0.1) is 17.7 Å². The van der Waals surface area contributed by atoms with Crippen LogP contribution in [0.4, 0.5) is 14.9 Å². The van der Waals surface area contributed by atoms with Crippen molar-refractivity contribution >= 4 is 21.6 Å². The van der Waals surface area contributed by atoms with Crippen LogP contribution in [0.15, 0.2) is 29.0 Å². The summed E-state index contributed by atoms with van der Waals surface area (Å²) in [5.74, 6) is 0.181. The third-order valence-corrected chi connectivity index (χ3v) is 8.27. The molecular weight excluding hydrogens is 403 g/mol. The highest BCUT2D eigenvalue weighted by Gasteiger charge is 2.60. The monoisotopic (exact) mass is 420 g/mol. The van der Waals surface area contributed by atoms with Gasteiger partial charge >= 0.3 is 6.09 Å². The molecule has 4 heterocycles. The van der Waals surface area contributed by atoms with E-state index in [1.54, 1.807) is 12.1 Å². The second kappa shape index (κ2) is 5.71. The van der Waals surface area contributed by atoms with Gasteiger partial charge in [0.25, 0.3) is 5.88 Å². The number of amides is 1. The number of carbonyl (C=O) groups excluding carboxylic acids is 1. The Bertz CT molecular complexity index is 1100. The summed E-state index contributed by atoms with van der Waals surface area (Å²) in [7, 11) is -2.98. The van der Waals surface area contributed by atoms with Crippen LogP contribution in [-0.2, 0) is 21.0 Å². The van der Waals surface area contributed by atoms with Crippen molar-refractivity contribution in [1.82, 2.24) is 5.16 Å². The molecule has 152 valence electrons. The number of rotatable bonds is 4. The molecule has 29 heavy (non-hydrogen) atoms. The molecule has 8 nitrogen and oxygen atoms in total. The number of nitrogens with zero attached hydrogens (tertiary/aromatic N) is 2. The lowest BCUT2D eigenvalue weighted by Gasteiger charge is -2.16. The lowest BCUT2D eigenvalue weighted by Crippen LogP contribution is -2.36. The summed E-state index contributed by atoms with van der Waals surface area (Å²) in [5, 5.41) is 3.67. The van der Waals surface area contributed by atoms with Crippen LogP contribution in [0.3, 0.4) is 0 Å². The summed E-state index contributed by atoms with van der Waals surface area (Å²) < 4.78 is 53.9. The van der Waals surface area contributed by atoms with Crippen molar-refractivity contribution in [2.24, 2.45) is 11.8 Å². The van der Waals surface area contributed by atoms with Crippen molar-refractivity contribution in [3.63, 3.8) is 0 Å². The maximum Gasteiger partial charge on any atom is 0.415 e. The average molecular weight is 420 g/mol. The number of anilines is 1. The Morgan fingerprint density at radius 1 is 1.28 bits per heavy atom. The molecule has 3 unspecified atom stereocenters. The zero-order chi connectivity index (χ0) is 19.9. The molecule has 3 aliphatic heterocycles. The molecule has 1 saturated carbocycles. The largest absolute Gasteiger partial charge is 0.471 e. The molecule has 0 bridgehead atoms. The Hall–Kier alpha value is -2.62. The molecule has 2 saturated heterocycles. The van der Waals surface area contributed by atoms with Crippen molar-refractivity contribution in [1.29, 1.82) is 0 Å². The maximum absolute atomic E-state index is 14.9. The molecule has 1 aromatic heterocycles. The molecule has 10 heteroatoms. The number of sulfone groups is 1. The highest BCUT2D eigenvalue weighted by Crippen LogP contribution is 2.60. The van der Waals surface area contributed by atoms with E-state index >= 15 is 0 Å². The molecule has 0 spiro atoms. The maximum atomic E-state index is 14.9. The van der Waals surface area contributed by atoms with Crippen LogP contribution in [0.25, 0.3) is 0 Å². The summed E-state index contributed by atoms with van der Waals surface area (Å²) in [5.41, 5.74) is 1.96. The fourth-order valence-corrected chi connectivity index (χ4v) is 7.38. The van der Waals surface area contributed by atoms with Crippen LogP contribution < -0.4 is 9.64 Å². The van der Waals surface area contributed by atoms with Gasteiger partial charge in [-0.15, -0.1) is 0 Å². The highest BCUT2D eigenvalue weighted by atomic mass is 32.2. The van der Waals surface area contributed by atoms with Crippen LogP contribution in [-0.4, -0.2) is 49.9 Å². The minimum Gasteiger partial charge on any atom is -0.471 e. The van der Waals surface area contributed by atoms with Gasteiger partial charge in [-0.1, -0.05) is 6.07 Å². The average Bonchev–Trinajstić information content (AvgIpc) is 3.16. The summed E-state index contributed by atoms with van der Waals surface area (Å²) in [6.45, 7) is 0.118. The summed E-state index contributed by atoms with van der Waals surface area (Å²) >= 11 is 0. The van der Waals surface area contributed by atoms with E-state index in [1.807, 2.05) is 0 Å². The second-order valence-corrected chi connectivity index (χ2v) is 10.3. The minimum atomic E-state index is -2.98. The number of ether oxygens (including phenoxy) is 2. The van der Waals surface area contributed by atoms with Gasteiger partial charge in [-0.25, -0.2) is 17.6 Å². The second-order valence-electron chi connectivity index (χ2n) is 8.15. The van der Waals surface area contributed by atoms with Crippen molar-refractivity contribution in [2.45, 2.75) is 24.5 Å². The number of carbonyl (C=O) groups is 1. The van der Waals surface area contributed by atoms with Gasteiger partial charge in [0.15, 0.2) is 15.9 Å². The Labute approximate surface area is 165 Å². The molecule has 0 N–H and O–H groups in total. The standard InChI is InChI=1S/C19H17FN2O6S/c20-13-5-14-9(3-10(13)18-11-7-29(24,25)8-12(11)18)4-15-16(28-19(23)22(14)15)6-26-17-1-2-27-21-17/h1-3,5,11-12,15-16,18H,4,6-8H2/t11?,12?,15-,16?,18?/m0/s1. The van der Waals surface area contributed by atoms with E-state index in [2.05, 4.69) is 5.16 Å². The van der Waals surface area contributed by atoms with Gasteiger partial charge in [0.1, 0.15) is 18.7 Å². The minimum absolute atomic E-state index is 0.0160. The first-order chi connectivity index (χ1) is 13.9. The molecule has 4 aliphatic rings. The van der Waals surface area contributed by atoms with Crippen molar-refractivity contribution in [3.8, 4) is 5.88 Å². The number of benzene rings is 1. The third kappa shape index (κ3) is 2.58. The van der Waals surface area contributed by atoms with E-state index in [9.17, 15) is 17.6 Å². The Morgan fingerprint density at radius 3 is 2.79 bits per heavy atom. The fraction of sp³-hybridized carbons (Fsp3) is 0.474. The molecule has 1 amide bonds. The lowest BCUT2D eigenvalue weighted by atomic mass is 10.0. The summed E-state index contributed by atoms with van der Waals surface area (Å²) in [4.78, 5) is 13.9. The molecule has 6 rings (SSSR count). The molecule has 1 aromatic carbocycles. The smallest absolute Gasteiger partial charge is 0.415 e. The Balaban J connectivity index is 1.24. The Kier molecular flexibility index (Phi) is 3.40. The first-order valence-corrected chi connectivity index (χ1v) is 11.3. The third-order valence-electron chi connectivity index (χ3n) is 6.49. The predicted molar refractivity (Wildman–Crippen MR) is 97.0 cm³/mol. The lowest BCUT2D eigenvalue weighted by molar-refractivity contribution is 0.0886.